The Labute approximate surface area is 117 Å². The van der Waals surface area contributed by atoms with Crippen molar-refractivity contribution in [2.24, 2.45) is 5.73 Å². The molecular weight excluding hydrogens is 234 g/mol. The van der Waals surface area contributed by atoms with Gasteiger partial charge in [-0.1, -0.05) is 31.5 Å². The Kier molecular flexibility index (Phi) is 4.83. The summed E-state index contributed by atoms with van der Waals surface area (Å²) in [5.74, 6) is 0. The number of hydrogen-bond donors (Lipinski definition) is 1. The first-order valence-electron chi connectivity index (χ1n) is 7.45. The maximum absolute atomic E-state index is 6.01. The lowest BCUT2D eigenvalue weighted by molar-refractivity contribution is 0.0935. The van der Waals surface area contributed by atoms with Crippen molar-refractivity contribution in [3.05, 3.63) is 30.3 Å². The molecule has 0 amide bonds. The molecule has 19 heavy (non-hydrogen) atoms. The Balaban J connectivity index is 1.95. The summed E-state index contributed by atoms with van der Waals surface area (Å²) in [7, 11) is 0. The molecule has 1 aromatic rings. The van der Waals surface area contributed by atoms with E-state index in [4.69, 9.17) is 5.73 Å². The molecule has 1 aliphatic rings. The Morgan fingerprint density at radius 3 is 2.26 bits per heavy atom. The number of benzene rings is 1. The highest BCUT2D eigenvalue weighted by molar-refractivity contribution is 5.46. The molecule has 0 saturated carbocycles. The number of hydrogen-bond acceptors (Lipinski definition) is 3. The molecule has 3 nitrogen and oxygen atoms in total. The number of nitrogens with two attached hydrogens (primary N) is 1. The minimum atomic E-state index is 0.178. The van der Waals surface area contributed by atoms with Crippen molar-refractivity contribution in [2.45, 2.75) is 32.2 Å². The molecule has 2 N–H and O–H groups in total. The van der Waals surface area contributed by atoms with Gasteiger partial charge in [0, 0.05) is 44.0 Å². The topological polar surface area (TPSA) is 32.5 Å². The van der Waals surface area contributed by atoms with Gasteiger partial charge in [0.1, 0.15) is 0 Å². The minimum absolute atomic E-state index is 0.178. The molecular formula is C16H27N3. The van der Waals surface area contributed by atoms with Crippen LogP contribution in [0.2, 0.25) is 0 Å². The van der Waals surface area contributed by atoms with Crippen molar-refractivity contribution in [3.8, 4) is 0 Å². The van der Waals surface area contributed by atoms with Gasteiger partial charge in [-0.05, 0) is 25.5 Å². The van der Waals surface area contributed by atoms with Gasteiger partial charge in [-0.25, -0.2) is 0 Å². The van der Waals surface area contributed by atoms with E-state index in [2.05, 4.69) is 54.0 Å². The van der Waals surface area contributed by atoms with Gasteiger partial charge in [0.2, 0.25) is 0 Å². The van der Waals surface area contributed by atoms with Crippen molar-refractivity contribution >= 4 is 5.69 Å². The van der Waals surface area contributed by atoms with Gasteiger partial charge < -0.3 is 10.6 Å². The number of piperazine rings is 1. The fourth-order valence-corrected chi connectivity index (χ4v) is 3.07. The van der Waals surface area contributed by atoms with Crippen LogP contribution in [0.4, 0.5) is 5.69 Å². The van der Waals surface area contributed by atoms with E-state index in [9.17, 15) is 0 Å². The van der Waals surface area contributed by atoms with Crippen LogP contribution >= 0.6 is 0 Å². The van der Waals surface area contributed by atoms with Crippen LogP contribution in [-0.4, -0.2) is 43.2 Å². The summed E-state index contributed by atoms with van der Waals surface area (Å²) in [6, 6.07) is 10.7. The summed E-state index contributed by atoms with van der Waals surface area (Å²) < 4.78 is 0. The smallest absolute Gasteiger partial charge is 0.0367 e. The predicted molar refractivity (Wildman–Crippen MR) is 82.6 cm³/mol. The van der Waals surface area contributed by atoms with Crippen molar-refractivity contribution in [1.29, 1.82) is 0 Å². The molecule has 1 unspecified atom stereocenters. The van der Waals surface area contributed by atoms with Crippen molar-refractivity contribution in [3.63, 3.8) is 0 Å². The fourth-order valence-electron chi connectivity index (χ4n) is 3.07. The van der Waals surface area contributed by atoms with Gasteiger partial charge in [0.15, 0.2) is 0 Å². The first kappa shape index (κ1) is 14.4. The van der Waals surface area contributed by atoms with Crippen LogP contribution in [-0.2, 0) is 0 Å². The second kappa shape index (κ2) is 6.40. The van der Waals surface area contributed by atoms with Crippen molar-refractivity contribution in [2.75, 3.05) is 37.6 Å². The maximum atomic E-state index is 6.01. The maximum Gasteiger partial charge on any atom is 0.0367 e. The SMILES string of the molecule is CCCC(C)(CN)N1CCN(c2ccccc2)CC1. The Hall–Kier alpha value is -1.06. The van der Waals surface area contributed by atoms with Crippen LogP contribution < -0.4 is 10.6 Å². The third kappa shape index (κ3) is 3.28. The number of nitrogens with zero attached hydrogens (tertiary/aromatic N) is 2. The predicted octanol–water partition coefficient (Wildman–Crippen LogP) is 2.33. The molecule has 3 heteroatoms. The third-order valence-corrected chi connectivity index (χ3v) is 4.39. The van der Waals surface area contributed by atoms with E-state index in [-0.39, 0.29) is 5.54 Å². The van der Waals surface area contributed by atoms with Crippen molar-refractivity contribution in [1.82, 2.24) is 4.90 Å². The van der Waals surface area contributed by atoms with Gasteiger partial charge in [-0.3, -0.25) is 4.90 Å². The molecule has 0 spiro atoms. The number of para-hydroxylation sites is 1. The highest BCUT2D eigenvalue weighted by Gasteiger charge is 2.31. The van der Waals surface area contributed by atoms with E-state index >= 15 is 0 Å². The zero-order valence-electron chi connectivity index (χ0n) is 12.3. The molecule has 2 rings (SSSR count). The van der Waals surface area contributed by atoms with Gasteiger partial charge in [-0.15, -0.1) is 0 Å². The molecule has 1 aromatic carbocycles. The zero-order valence-corrected chi connectivity index (χ0v) is 12.3. The highest BCUT2D eigenvalue weighted by Crippen LogP contribution is 2.24. The first-order chi connectivity index (χ1) is 9.19. The summed E-state index contributed by atoms with van der Waals surface area (Å²) in [6.45, 7) is 9.74. The van der Waals surface area contributed by atoms with E-state index < -0.39 is 0 Å². The minimum Gasteiger partial charge on any atom is -0.369 e. The number of rotatable bonds is 5. The van der Waals surface area contributed by atoms with E-state index in [0.717, 1.165) is 32.7 Å². The van der Waals surface area contributed by atoms with Crippen LogP contribution in [0.25, 0.3) is 0 Å². The van der Waals surface area contributed by atoms with E-state index in [1.54, 1.807) is 0 Å². The molecule has 0 aromatic heterocycles. The molecule has 1 atom stereocenters. The molecule has 106 valence electrons. The molecule has 1 fully saturated rings. The first-order valence-corrected chi connectivity index (χ1v) is 7.45. The van der Waals surface area contributed by atoms with E-state index in [1.807, 2.05) is 0 Å². The second-order valence-corrected chi connectivity index (χ2v) is 5.76. The summed E-state index contributed by atoms with van der Waals surface area (Å²) >= 11 is 0. The molecule has 0 aliphatic carbocycles. The van der Waals surface area contributed by atoms with E-state index in [1.165, 1.54) is 18.5 Å². The van der Waals surface area contributed by atoms with Gasteiger partial charge >= 0.3 is 0 Å². The summed E-state index contributed by atoms with van der Waals surface area (Å²) in [4.78, 5) is 5.05. The Morgan fingerprint density at radius 2 is 1.74 bits per heavy atom. The normalized spacial score (nSPS) is 20.3. The fraction of sp³-hybridized carbons (Fsp3) is 0.625. The lowest BCUT2D eigenvalue weighted by atomic mass is 9.93. The van der Waals surface area contributed by atoms with Crippen LogP contribution in [0.15, 0.2) is 30.3 Å². The molecule has 0 bridgehead atoms. The summed E-state index contributed by atoms with van der Waals surface area (Å²) in [5, 5.41) is 0. The van der Waals surface area contributed by atoms with E-state index in [0.29, 0.717) is 0 Å². The second-order valence-electron chi connectivity index (χ2n) is 5.76. The summed E-state index contributed by atoms with van der Waals surface area (Å²) in [6.07, 6.45) is 2.39. The highest BCUT2D eigenvalue weighted by atomic mass is 15.3. The lowest BCUT2D eigenvalue weighted by Crippen LogP contribution is -2.58. The van der Waals surface area contributed by atoms with Crippen LogP contribution in [0, 0.1) is 0 Å². The quantitative estimate of drug-likeness (QED) is 0.883. The number of anilines is 1. The monoisotopic (exact) mass is 261 g/mol. The van der Waals surface area contributed by atoms with Crippen LogP contribution in [0.5, 0.6) is 0 Å². The molecule has 0 radical (unpaired) electrons. The lowest BCUT2D eigenvalue weighted by Gasteiger charge is -2.46. The third-order valence-electron chi connectivity index (χ3n) is 4.39. The largest absolute Gasteiger partial charge is 0.369 e. The van der Waals surface area contributed by atoms with Crippen LogP contribution in [0.1, 0.15) is 26.7 Å². The van der Waals surface area contributed by atoms with Gasteiger partial charge in [-0.2, -0.15) is 0 Å². The average molecular weight is 261 g/mol. The molecule has 1 heterocycles. The Morgan fingerprint density at radius 1 is 1.11 bits per heavy atom. The zero-order chi connectivity index (χ0) is 13.7. The van der Waals surface area contributed by atoms with Gasteiger partial charge in [0.05, 0.1) is 0 Å². The molecule has 1 aliphatic heterocycles. The van der Waals surface area contributed by atoms with Crippen LogP contribution in [0.3, 0.4) is 0 Å². The van der Waals surface area contributed by atoms with Crippen molar-refractivity contribution < 1.29 is 0 Å². The molecule has 1 saturated heterocycles. The average Bonchev–Trinajstić information content (AvgIpc) is 2.48. The Bertz CT molecular complexity index is 371. The van der Waals surface area contributed by atoms with Gasteiger partial charge in [0.25, 0.3) is 0 Å². The summed E-state index contributed by atoms with van der Waals surface area (Å²) in [5.41, 5.74) is 7.53. The standard InChI is InChI=1S/C16H27N3/c1-3-9-16(2,14-17)19-12-10-18(11-13-19)15-7-5-4-6-8-15/h4-8H,3,9-14,17H2,1-2H3.